The van der Waals surface area contributed by atoms with E-state index in [9.17, 15) is 14.0 Å². The van der Waals surface area contributed by atoms with Crippen molar-refractivity contribution in [1.82, 2.24) is 4.90 Å². The van der Waals surface area contributed by atoms with Crippen molar-refractivity contribution in [2.24, 2.45) is 0 Å². The Labute approximate surface area is 176 Å². The lowest BCUT2D eigenvalue weighted by atomic mass is 10.1. The van der Waals surface area contributed by atoms with Crippen molar-refractivity contribution in [1.29, 1.82) is 0 Å². The van der Waals surface area contributed by atoms with E-state index in [-0.39, 0.29) is 30.8 Å². The molecule has 0 aromatic heterocycles. The van der Waals surface area contributed by atoms with Gasteiger partial charge in [-0.25, -0.2) is 4.39 Å². The number of hydrogen-bond acceptors (Lipinski definition) is 5. The molecule has 0 saturated heterocycles. The van der Waals surface area contributed by atoms with E-state index in [1.807, 2.05) is 31.1 Å². The maximum atomic E-state index is 13.2. The van der Waals surface area contributed by atoms with Gasteiger partial charge in [0.2, 0.25) is 11.8 Å². The van der Waals surface area contributed by atoms with Crippen molar-refractivity contribution in [3.05, 3.63) is 59.4 Å². The van der Waals surface area contributed by atoms with Gasteiger partial charge in [0.1, 0.15) is 19.0 Å². The van der Waals surface area contributed by atoms with Gasteiger partial charge in [-0.05, 0) is 41.5 Å². The molecule has 0 aliphatic carbocycles. The zero-order valence-corrected chi connectivity index (χ0v) is 17.8. The van der Waals surface area contributed by atoms with Gasteiger partial charge in [0, 0.05) is 52.8 Å². The SMILES string of the molecule is COCC(=O)Nc1ccc(N(C)C)c(CN(Cc2ccc(F)cc2)C(=O)COC)c1. The van der Waals surface area contributed by atoms with Gasteiger partial charge in [-0.2, -0.15) is 0 Å². The Balaban J connectivity index is 2.31. The molecule has 0 aliphatic heterocycles. The molecule has 0 saturated carbocycles. The van der Waals surface area contributed by atoms with Crippen LogP contribution in [0.4, 0.5) is 15.8 Å². The van der Waals surface area contributed by atoms with Crippen LogP contribution in [0.15, 0.2) is 42.5 Å². The molecule has 2 rings (SSSR count). The highest BCUT2D eigenvalue weighted by atomic mass is 19.1. The average Bonchev–Trinajstić information content (AvgIpc) is 2.69. The molecule has 2 amide bonds. The minimum absolute atomic E-state index is 0.0478. The number of methoxy groups -OCH3 is 2. The molecule has 0 spiro atoms. The van der Waals surface area contributed by atoms with Gasteiger partial charge in [0.15, 0.2) is 0 Å². The summed E-state index contributed by atoms with van der Waals surface area (Å²) in [5, 5.41) is 2.78. The predicted octanol–water partition coefficient (Wildman–Crippen LogP) is 2.65. The molecule has 2 aromatic rings. The minimum Gasteiger partial charge on any atom is -0.377 e. The number of carbonyl (C=O) groups excluding carboxylic acids is 2. The third kappa shape index (κ3) is 6.82. The normalized spacial score (nSPS) is 10.6. The topological polar surface area (TPSA) is 71.1 Å². The molecule has 1 N–H and O–H groups in total. The standard InChI is InChI=1S/C22H28FN3O4/c1-25(2)20-10-9-19(24-21(27)14-29-3)11-17(20)13-26(22(28)15-30-4)12-16-5-7-18(23)8-6-16/h5-11H,12-15H2,1-4H3,(H,24,27). The first-order valence-corrected chi connectivity index (χ1v) is 9.44. The second-order valence-corrected chi connectivity index (χ2v) is 7.03. The first kappa shape index (κ1) is 23.3. The highest BCUT2D eigenvalue weighted by Crippen LogP contribution is 2.25. The van der Waals surface area contributed by atoms with Crippen LogP contribution in [-0.2, 0) is 32.2 Å². The molecule has 8 heteroatoms. The van der Waals surface area contributed by atoms with E-state index in [0.717, 1.165) is 16.8 Å². The first-order valence-electron chi connectivity index (χ1n) is 9.44. The number of nitrogens with one attached hydrogen (secondary N) is 1. The molecule has 0 atom stereocenters. The molecule has 0 aliphatic rings. The van der Waals surface area contributed by atoms with Gasteiger partial charge in [-0.3, -0.25) is 9.59 Å². The summed E-state index contributed by atoms with van der Waals surface area (Å²) < 4.78 is 23.1. The number of carbonyl (C=O) groups is 2. The van der Waals surface area contributed by atoms with Crippen LogP contribution in [0.25, 0.3) is 0 Å². The fraction of sp³-hybridized carbons (Fsp3) is 0.364. The van der Waals surface area contributed by atoms with E-state index < -0.39 is 0 Å². The van der Waals surface area contributed by atoms with Crippen LogP contribution in [0, 0.1) is 5.82 Å². The van der Waals surface area contributed by atoms with Crippen molar-refractivity contribution >= 4 is 23.2 Å². The Morgan fingerprint density at radius 1 is 0.967 bits per heavy atom. The minimum atomic E-state index is -0.331. The molecule has 0 radical (unpaired) electrons. The second kappa shape index (κ2) is 11.3. The number of nitrogens with zero attached hydrogens (tertiary/aromatic N) is 2. The summed E-state index contributed by atoms with van der Waals surface area (Å²) in [6.45, 7) is 0.479. The number of ether oxygens (including phenoxy) is 2. The maximum Gasteiger partial charge on any atom is 0.250 e. The molecule has 0 fully saturated rings. The number of hydrogen-bond donors (Lipinski definition) is 1. The second-order valence-electron chi connectivity index (χ2n) is 7.03. The molecule has 2 aromatic carbocycles. The Bertz CT molecular complexity index is 856. The molecular formula is C22H28FN3O4. The van der Waals surface area contributed by atoms with Gasteiger partial charge in [0.25, 0.3) is 0 Å². The molecule has 0 unspecified atom stereocenters. The van der Waals surface area contributed by atoms with Crippen molar-refractivity contribution < 1.29 is 23.5 Å². The van der Waals surface area contributed by atoms with Crippen LogP contribution in [0.5, 0.6) is 0 Å². The zero-order valence-electron chi connectivity index (χ0n) is 17.8. The van der Waals surface area contributed by atoms with Gasteiger partial charge in [-0.1, -0.05) is 12.1 Å². The predicted molar refractivity (Wildman–Crippen MR) is 114 cm³/mol. The van der Waals surface area contributed by atoms with Crippen molar-refractivity contribution in [2.45, 2.75) is 13.1 Å². The van der Waals surface area contributed by atoms with E-state index in [4.69, 9.17) is 9.47 Å². The smallest absolute Gasteiger partial charge is 0.250 e. The van der Waals surface area contributed by atoms with E-state index >= 15 is 0 Å². The van der Waals surface area contributed by atoms with Crippen LogP contribution in [0.2, 0.25) is 0 Å². The Morgan fingerprint density at radius 3 is 2.23 bits per heavy atom. The quantitative estimate of drug-likeness (QED) is 0.644. The summed E-state index contributed by atoms with van der Waals surface area (Å²) in [4.78, 5) is 28.1. The number of amides is 2. The van der Waals surface area contributed by atoms with E-state index in [1.165, 1.54) is 26.4 Å². The lowest BCUT2D eigenvalue weighted by Crippen LogP contribution is -2.33. The molecular weight excluding hydrogens is 389 g/mol. The van der Waals surface area contributed by atoms with Crippen LogP contribution >= 0.6 is 0 Å². The Morgan fingerprint density at radius 2 is 1.63 bits per heavy atom. The number of benzene rings is 2. The highest BCUT2D eigenvalue weighted by molar-refractivity contribution is 5.92. The molecule has 0 bridgehead atoms. The van der Waals surface area contributed by atoms with Crippen molar-refractivity contribution in [3.8, 4) is 0 Å². The van der Waals surface area contributed by atoms with E-state index in [0.29, 0.717) is 18.8 Å². The lowest BCUT2D eigenvalue weighted by Gasteiger charge is -2.26. The van der Waals surface area contributed by atoms with Crippen LogP contribution in [0.1, 0.15) is 11.1 Å². The molecule has 30 heavy (non-hydrogen) atoms. The van der Waals surface area contributed by atoms with Gasteiger partial charge in [0.05, 0.1) is 0 Å². The Kier molecular flexibility index (Phi) is 8.76. The maximum absolute atomic E-state index is 13.2. The summed E-state index contributed by atoms with van der Waals surface area (Å²) in [5.41, 5.74) is 3.17. The van der Waals surface area contributed by atoms with Gasteiger partial charge >= 0.3 is 0 Å². The lowest BCUT2D eigenvalue weighted by molar-refractivity contribution is -0.136. The zero-order chi connectivity index (χ0) is 22.1. The van der Waals surface area contributed by atoms with Gasteiger partial charge in [-0.15, -0.1) is 0 Å². The number of halogens is 1. The average molecular weight is 417 g/mol. The summed E-state index contributed by atoms with van der Waals surface area (Å²) >= 11 is 0. The molecule has 162 valence electrons. The van der Waals surface area contributed by atoms with Crippen LogP contribution < -0.4 is 10.2 Å². The van der Waals surface area contributed by atoms with Crippen molar-refractivity contribution in [3.63, 3.8) is 0 Å². The number of anilines is 2. The number of rotatable bonds is 10. The Hall–Kier alpha value is -2.97. The highest BCUT2D eigenvalue weighted by Gasteiger charge is 2.18. The first-order chi connectivity index (χ1) is 14.3. The summed E-state index contributed by atoms with van der Waals surface area (Å²) in [6.07, 6.45) is 0. The van der Waals surface area contributed by atoms with Crippen LogP contribution in [0.3, 0.4) is 0 Å². The monoisotopic (exact) mass is 417 g/mol. The molecule has 7 nitrogen and oxygen atoms in total. The fourth-order valence-electron chi connectivity index (χ4n) is 3.02. The van der Waals surface area contributed by atoms with Crippen LogP contribution in [-0.4, -0.2) is 58.2 Å². The van der Waals surface area contributed by atoms with E-state index in [1.54, 1.807) is 23.1 Å². The van der Waals surface area contributed by atoms with Gasteiger partial charge < -0.3 is 24.6 Å². The largest absolute Gasteiger partial charge is 0.377 e. The summed E-state index contributed by atoms with van der Waals surface area (Å²) in [5.74, 6) is -0.789. The summed E-state index contributed by atoms with van der Waals surface area (Å²) in [7, 11) is 6.73. The third-order valence-corrected chi connectivity index (χ3v) is 4.39. The summed E-state index contributed by atoms with van der Waals surface area (Å²) in [6, 6.07) is 11.5. The molecule has 0 heterocycles. The van der Waals surface area contributed by atoms with Crippen molar-refractivity contribution in [2.75, 3.05) is 51.7 Å². The van der Waals surface area contributed by atoms with E-state index in [2.05, 4.69) is 5.32 Å². The third-order valence-electron chi connectivity index (χ3n) is 4.39. The fourth-order valence-corrected chi connectivity index (χ4v) is 3.02.